The Morgan fingerprint density at radius 1 is 1.39 bits per heavy atom. The highest BCUT2D eigenvalue weighted by atomic mass is 32.1. The SMILES string of the molecule is CN(CCOCC1CC1)C(=O)Nc1ccc(-c2csnn2)cc1. The Morgan fingerprint density at radius 3 is 2.83 bits per heavy atom. The minimum Gasteiger partial charge on any atom is -0.379 e. The lowest BCUT2D eigenvalue weighted by molar-refractivity contribution is 0.109. The number of hydrogen-bond acceptors (Lipinski definition) is 5. The van der Waals surface area contributed by atoms with E-state index in [2.05, 4.69) is 14.9 Å². The quantitative estimate of drug-likeness (QED) is 0.791. The van der Waals surface area contributed by atoms with Gasteiger partial charge in [-0.25, -0.2) is 4.79 Å². The Balaban J connectivity index is 1.44. The van der Waals surface area contributed by atoms with Gasteiger partial charge in [-0.15, -0.1) is 5.10 Å². The van der Waals surface area contributed by atoms with Crippen LogP contribution >= 0.6 is 11.5 Å². The van der Waals surface area contributed by atoms with Crippen molar-refractivity contribution < 1.29 is 9.53 Å². The van der Waals surface area contributed by atoms with Gasteiger partial charge in [-0.2, -0.15) is 0 Å². The number of hydrogen-bond donors (Lipinski definition) is 1. The highest BCUT2D eigenvalue weighted by molar-refractivity contribution is 7.03. The Labute approximate surface area is 139 Å². The highest BCUT2D eigenvalue weighted by Crippen LogP contribution is 2.28. The van der Waals surface area contributed by atoms with Crippen molar-refractivity contribution in [1.82, 2.24) is 14.5 Å². The number of amides is 2. The fourth-order valence-electron chi connectivity index (χ4n) is 2.07. The second-order valence-corrected chi connectivity index (χ2v) is 6.35. The van der Waals surface area contributed by atoms with Gasteiger partial charge in [0, 0.05) is 36.8 Å². The van der Waals surface area contributed by atoms with E-state index in [1.807, 2.05) is 29.6 Å². The van der Waals surface area contributed by atoms with E-state index in [0.29, 0.717) is 13.2 Å². The Hall–Kier alpha value is -1.99. The summed E-state index contributed by atoms with van der Waals surface area (Å²) in [6.45, 7) is 1.99. The molecule has 2 amide bonds. The van der Waals surface area contributed by atoms with Crippen molar-refractivity contribution >= 4 is 23.3 Å². The molecule has 1 aromatic heterocycles. The molecule has 1 aromatic carbocycles. The van der Waals surface area contributed by atoms with Crippen LogP contribution in [0, 0.1) is 5.92 Å². The predicted octanol–water partition coefficient (Wildman–Crippen LogP) is 3.10. The second-order valence-electron chi connectivity index (χ2n) is 5.74. The van der Waals surface area contributed by atoms with Gasteiger partial charge in [0.05, 0.1) is 6.61 Å². The fraction of sp³-hybridized carbons (Fsp3) is 0.438. The molecule has 0 spiro atoms. The van der Waals surface area contributed by atoms with Crippen LogP contribution in [-0.2, 0) is 4.74 Å². The lowest BCUT2D eigenvalue weighted by atomic mass is 10.1. The van der Waals surface area contributed by atoms with Crippen molar-refractivity contribution in [2.24, 2.45) is 5.92 Å². The van der Waals surface area contributed by atoms with E-state index < -0.39 is 0 Å². The summed E-state index contributed by atoms with van der Waals surface area (Å²) >= 11 is 1.32. The van der Waals surface area contributed by atoms with Gasteiger partial charge in [-0.3, -0.25) is 0 Å². The summed E-state index contributed by atoms with van der Waals surface area (Å²) in [5, 5.41) is 8.79. The first-order chi connectivity index (χ1) is 11.2. The largest absolute Gasteiger partial charge is 0.379 e. The molecule has 0 atom stereocenters. The molecule has 6 nitrogen and oxygen atoms in total. The molecule has 1 aliphatic rings. The van der Waals surface area contributed by atoms with Crippen LogP contribution in [0.15, 0.2) is 29.6 Å². The molecular weight excluding hydrogens is 312 g/mol. The number of rotatable bonds is 7. The molecule has 7 heteroatoms. The Kier molecular flexibility index (Phi) is 5.19. The van der Waals surface area contributed by atoms with Crippen LogP contribution in [0.2, 0.25) is 0 Å². The topological polar surface area (TPSA) is 67.3 Å². The summed E-state index contributed by atoms with van der Waals surface area (Å²) in [6, 6.07) is 7.44. The molecule has 0 unspecified atom stereocenters. The van der Waals surface area contributed by atoms with Crippen LogP contribution in [0.5, 0.6) is 0 Å². The lowest BCUT2D eigenvalue weighted by Gasteiger charge is -2.18. The van der Waals surface area contributed by atoms with Gasteiger partial charge in [0.2, 0.25) is 0 Å². The maximum Gasteiger partial charge on any atom is 0.321 e. The lowest BCUT2D eigenvalue weighted by Crippen LogP contribution is -2.34. The number of carbonyl (C=O) groups excluding carboxylic acids is 1. The van der Waals surface area contributed by atoms with E-state index in [1.165, 1.54) is 24.4 Å². The second kappa shape index (κ2) is 7.52. The number of likely N-dealkylation sites (N-methyl/N-ethyl adjacent to an activating group) is 1. The van der Waals surface area contributed by atoms with E-state index >= 15 is 0 Å². The molecule has 1 saturated carbocycles. The molecular formula is C16H20N4O2S. The Morgan fingerprint density at radius 2 is 2.17 bits per heavy atom. The summed E-state index contributed by atoms with van der Waals surface area (Å²) < 4.78 is 9.40. The van der Waals surface area contributed by atoms with Crippen LogP contribution in [0.1, 0.15) is 12.8 Å². The summed E-state index contributed by atoms with van der Waals surface area (Å²) in [6.07, 6.45) is 2.56. The van der Waals surface area contributed by atoms with Crippen LogP contribution < -0.4 is 5.32 Å². The molecule has 0 saturated heterocycles. The molecule has 0 radical (unpaired) electrons. The highest BCUT2D eigenvalue weighted by Gasteiger charge is 2.21. The third kappa shape index (κ3) is 4.74. The number of nitrogens with zero attached hydrogens (tertiary/aromatic N) is 3. The first kappa shape index (κ1) is 15.9. The normalized spacial score (nSPS) is 13.8. The number of aromatic nitrogens is 2. The molecule has 122 valence electrons. The number of ether oxygens (including phenoxy) is 1. The summed E-state index contributed by atoms with van der Waals surface area (Å²) in [4.78, 5) is 13.7. The van der Waals surface area contributed by atoms with E-state index in [1.54, 1.807) is 11.9 Å². The third-order valence-corrected chi connectivity index (χ3v) is 4.26. The number of anilines is 1. The fourth-order valence-corrected chi connectivity index (χ4v) is 2.54. The van der Waals surface area contributed by atoms with Gasteiger partial charge >= 0.3 is 6.03 Å². The predicted molar refractivity (Wildman–Crippen MR) is 90.5 cm³/mol. The van der Waals surface area contributed by atoms with E-state index in [-0.39, 0.29) is 6.03 Å². The van der Waals surface area contributed by atoms with E-state index in [0.717, 1.165) is 29.5 Å². The molecule has 1 heterocycles. The van der Waals surface area contributed by atoms with Gasteiger partial charge in [-0.05, 0) is 42.4 Å². The average molecular weight is 332 g/mol. The van der Waals surface area contributed by atoms with E-state index in [4.69, 9.17) is 4.74 Å². The third-order valence-electron chi connectivity index (χ3n) is 3.76. The molecule has 1 aliphatic carbocycles. The average Bonchev–Trinajstić information content (AvgIpc) is 3.23. The van der Waals surface area contributed by atoms with Crippen LogP contribution in [0.3, 0.4) is 0 Å². The zero-order valence-corrected chi connectivity index (χ0v) is 13.9. The molecule has 1 N–H and O–H groups in total. The molecule has 1 fully saturated rings. The number of benzene rings is 1. The van der Waals surface area contributed by atoms with Crippen molar-refractivity contribution in [2.45, 2.75) is 12.8 Å². The number of carbonyl (C=O) groups is 1. The summed E-state index contributed by atoms with van der Waals surface area (Å²) in [7, 11) is 1.77. The van der Waals surface area contributed by atoms with Crippen molar-refractivity contribution in [3.63, 3.8) is 0 Å². The van der Waals surface area contributed by atoms with Crippen molar-refractivity contribution in [3.8, 4) is 11.3 Å². The summed E-state index contributed by atoms with van der Waals surface area (Å²) in [5.41, 5.74) is 2.59. The maximum absolute atomic E-state index is 12.1. The summed E-state index contributed by atoms with van der Waals surface area (Å²) in [5.74, 6) is 0.751. The van der Waals surface area contributed by atoms with E-state index in [9.17, 15) is 4.79 Å². The van der Waals surface area contributed by atoms with Crippen LogP contribution in [0.4, 0.5) is 10.5 Å². The molecule has 0 aliphatic heterocycles. The minimum atomic E-state index is -0.136. The van der Waals surface area contributed by atoms with Gasteiger partial charge in [0.1, 0.15) is 5.69 Å². The molecule has 2 aromatic rings. The van der Waals surface area contributed by atoms with Gasteiger partial charge in [-0.1, -0.05) is 16.6 Å². The van der Waals surface area contributed by atoms with Crippen molar-refractivity contribution in [1.29, 1.82) is 0 Å². The van der Waals surface area contributed by atoms with Gasteiger partial charge in [0.25, 0.3) is 0 Å². The molecule has 0 bridgehead atoms. The van der Waals surface area contributed by atoms with Crippen molar-refractivity contribution in [3.05, 3.63) is 29.6 Å². The first-order valence-electron chi connectivity index (χ1n) is 7.70. The minimum absolute atomic E-state index is 0.136. The molecule has 3 rings (SSSR count). The zero-order chi connectivity index (χ0) is 16.1. The van der Waals surface area contributed by atoms with Gasteiger partial charge in [0.15, 0.2) is 0 Å². The standard InChI is InChI=1S/C16H20N4O2S/c1-20(8-9-22-10-12-2-3-12)16(21)17-14-6-4-13(5-7-14)15-11-23-19-18-15/h4-7,11-12H,2-3,8-10H2,1H3,(H,17,21). The van der Waals surface area contributed by atoms with Crippen molar-refractivity contribution in [2.75, 3.05) is 32.1 Å². The number of nitrogens with one attached hydrogen (secondary N) is 1. The Bertz CT molecular complexity index is 626. The van der Waals surface area contributed by atoms with Crippen LogP contribution in [0.25, 0.3) is 11.3 Å². The smallest absolute Gasteiger partial charge is 0.321 e. The maximum atomic E-state index is 12.1. The molecule has 23 heavy (non-hydrogen) atoms. The van der Waals surface area contributed by atoms with Gasteiger partial charge < -0.3 is 15.0 Å². The van der Waals surface area contributed by atoms with Crippen LogP contribution in [-0.4, -0.2) is 47.3 Å². The zero-order valence-electron chi connectivity index (χ0n) is 13.1. The monoisotopic (exact) mass is 332 g/mol. The number of urea groups is 1. The first-order valence-corrected chi connectivity index (χ1v) is 8.53.